The highest BCUT2D eigenvalue weighted by atomic mass is 14.5. The van der Waals surface area contributed by atoms with Crippen LogP contribution < -0.4 is 5.73 Å². The topological polar surface area (TPSA) is 26.0 Å². The summed E-state index contributed by atoms with van der Waals surface area (Å²) in [7, 11) is 0. The summed E-state index contributed by atoms with van der Waals surface area (Å²) in [6.07, 6.45) is 20.8. The molecule has 1 heteroatoms. The zero-order chi connectivity index (χ0) is 16.5. The van der Waals surface area contributed by atoms with Crippen LogP contribution in [0.3, 0.4) is 0 Å². The van der Waals surface area contributed by atoms with Gasteiger partial charge in [-0.1, -0.05) is 116 Å². The molecular formula is C21H43N. The number of nitrogens with two attached hydrogens (primary N) is 1. The second-order valence-electron chi connectivity index (χ2n) is 7.14. The normalized spacial score (nSPS) is 11.3. The molecule has 0 aliphatic carbocycles. The molecule has 2 N–H and O–H groups in total. The molecule has 132 valence electrons. The summed E-state index contributed by atoms with van der Waals surface area (Å²) >= 11 is 0. The maximum absolute atomic E-state index is 5.74. The Balaban J connectivity index is 3.77. The predicted molar refractivity (Wildman–Crippen MR) is 102 cm³/mol. The van der Waals surface area contributed by atoms with Gasteiger partial charge in [-0.15, -0.1) is 0 Å². The molecule has 0 aromatic heterocycles. The highest BCUT2D eigenvalue weighted by Crippen LogP contribution is 2.24. The van der Waals surface area contributed by atoms with E-state index in [0.717, 1.165) is 5.92 Å². The number of unbranched alkanes of at least 4 members (excludes halogenated alkanes) is 10. The summed E-state index contributed by atoms with van der Waals surface area (Å²) in [5.74, 6) is 0.841. The molecule has 0 atom stereocenters. The molecule has 0 saturated heterocycles. The van der Waals surface area contributed by atoms with Gasteiger partial charge in [-0.25, -0.2) is 0 Å². The fourth-order valence-corrected chi connectivity index (χ4v) is 3.27. The van der Waals surface area contributed by atoms with E-state index in [1.54, 1.807) is 0 Å². The molecule has 1 nitrogen and oxygen atoms in total. The summed E-state index contributed by atoms with van der Waals surface area (Å²) in [6, 6.07) is 0. The van der Waals surface area contributed by atoms with Crippen LogP contribution in [0.25, 0.3) is 0 Å². The predicted octanol–water partition coefficient (Wildman–Crippen LogP) is 7.01. The molecule has 0 aliphatic heterocycles. The molecule has 0 heterocycles. The average Bonchev–Trinajstić information content (AvgIpc) is 2.53. The molecule has 0 aromatic carbocycles. The van der Waals surface area contributed by atoms with Crippen LogP contribution in [0.5, 0.6) is 0 Å². The van der Waals surface area contributed by atoms with Crippen molar-refractivity contribution < 1.29 is 0 Å². The van der Waals surface area contributed by atoms with E-state index in [-0.39, 0.29) is 0 Å². The summed E-state index contributed by atoms with van der Waals surface area (Å²) in [6.45, 7) is 9.37. The van der Waals surface area contributed by atoms with Gasteiger partial charge in [-0.05, 0) is 12.3 Å². The highest BCUT2D eigenvalue weighted by Gasteiger charge is 2.09. The van der Waals surface area contributed by atoms with E-state index >= 15 is 0 Å². The minimum atomic E-state index is 0.670. The fourth-order valence-electron chi connectivity index (χ4n) is 3.27. The van der Waals surface area contributed by atoms with Crippen LogP contribution >= 0.6 is 0 Å². The number of hydrogen-bond acceptors (Lipinski definition) is 1. The van der Waals surface area contributed by atoms with E-state index in [4.69, 9.17) is 5.73 Å². The molecule has 0 amide bonds. The minimum Gasteiger partial charge on any atom is -0.327 e. The molecule has 0 radical (unpaired) electrons. The molecule has 0 aromatic rings. The van der Waals surface area contributed by atoms with E-state index in [1.165, 1.54) is 102 Å². The largest absolute Gasteiger partial charge is 0.327 e. The lowest BCUT2D eigenvalue weighted by molar-refractivity contribution is 0.399. The highest BCUT2D eigenvalue weighted by molar-refractivity contribution is 4.97. The summed E-state index contributed by atoms with van der Waals surface area (Å²) in [4.78, 5) is 0. The number of hydrogen-bond donors (Lipinski definition) is 1. The van der Waals surface area contributed by atoms with Gasteiger partial charge in [0.2, 0.25) is 0 Å². The van der Waals surface area contributed by atoms with Crippen LogP contribution in [0.4, 0.5) is 0 Å². The maximum atomic E-state index is 5.74. The molecule has 0 aliphatic rings. The van der Waals surface area contributed by atoms with Crippen molar-refractivity contribution in [2.24, 2.45) is 11.7 Å². The van der Waals surface area contributed by atoms with Crippen molar-refractivity contribution in [2.45, 2.75) is 110 Å². The Morgan fingerprint density at radius 3 is 1.55 bits per heavy atom. The summed E-state index contributed by atoms with van der Waals surface area (Å²) in [5.41, 5.74) is 6.99. The molecule has 0 fully saturated rings. The van der Waals surface area contributed by atoms with Gasteiger partial charge in [0.15, 0.2) is 0 Å². The van der Waals surface area contributed by atoms with Crippen LogP contribution in [0, 0.1) is 5.92 Å². The Kier molecular flexibility index (Phi) is 16.8. The Hall–Kier alpha value is -0.300. The lowest BCUT2D eigenvalue weighted by Gasteiger charge is -2.18. The third kappa shape index (κ3) is 14.6. The molecule has 22 heavy (non-hydrogen) atoms. The van der Waals surface area contributed by atoms with Gasteiger partial charge < -0.3 is 5.73 Å². The molecule has 0 spiro atoms. The third-order valence-electron chi connectivity index (χ3n) is 4.80. The van der Waals surface area contributed by atoms with Gasteiger partial charge in [0, 0.05) is 6.54 Å². The van der Waals surface area contributed by atoms with E-state index in [9.17, 15) is 0 Å². The lowest BCUT2D eigenvalue weighted by atomic mass is 9.89. The summed E-state index contributed by atoms with van der Waals surface area (Å²) in [5, 5.41) is 0. The molecule has 0 saturated carbocycles. The second-order valence-corrected chi connectivity index (χ2v) is 7.14. The Morgan fingerprint density at radius 2 is 1.14 bits per heavy atom. The van der Waals surface area contributed by atoms with Crippen LogP contribution in [-0.4, -0.2) is 6.54 Å². The zero-order valence-electron chi connectivity index (χ0n) is 15.7. The molecule has 0 bridgehead atoms. The molecule has 0 unspecified atom stereocenters. The van der Waals surface area contributed by atoms with Gasteiger partial charge in [0.1, 0.15) is 0 Å². The van der Waals surface area contributed by atoms with Gasteiger partial charge in [0.25, 0.3) is 0 Å². The van der Waals surface area contributed by atoms with Crippen LogP contribution in [0.2, 0.25) is 0 Å². The smallest absolute Gasteiger partial charge is 0.0134 e. The standard InChI is InChI=1S/C21H43N/c1-4-6-8-10-12-14-16-21(18-20(3)19-22)17-15-13-11-9-7-5-2/h21H,3-19,22H2,1-2H3. The quantitative estimate of drug-likeness (QED) is 0.227. The first kappa shape index (κ1) is 21.7. The first-order chi connectivity index (χ1) is 10.7. The van der Waals surface area contributed by atoms with Crippen LogP contribution in [0.1, 0.15) is 110 Å². The average molecular weight is 310 g/mol. The third-order valence-corrected chi connectivity index (χ3v) is 4.80. The van der Waals surface area contributed by atoms with Crippen molar-refractivity contribution in [2.75, 3.05) is 6.54 Å². The van der Waals surface area contributed by atoms with Crippen molar-refractivity contribution in [3.8, 4) is 0 Å². The van der Waals surface area contributed by atoms with Gasteiger partial charge in [-0.2, -0.15) is 0 Å². The first-order valence-electron chi connectivity index (χ1n) is 10.1. The molecule has 0 rings (SSSR count). The van der Waals surface area contributed by atoms with Crippen molar-refractivity contribution >= 4 is 0 Å². The van der Waals surface area contributed by atoms with E-state index < -0.39 is 0 Å². The summed E-state index contributed by atoms with van der Waals surface area (Å²) < 4.78 is 0. The minimum absolute atomic E-state index is 0.670. The maximum Gasteiger partial charge on any atom is 0.0134 e. The van der Waals surface area contributed by atoms with Crippen LogP contribution in [-0.2, 0) is 0 Å². The monoisotopic (exact) mass is 309 g/mol. The van der Waals surface area contributed by atoms with Crippen LogP contribution in [0.15, 0.2) is 12.2 Å². The Bertz CT molecular complexity index is 218. The van der Waals surface area contributed by atoms with E-state index in [1.807, 2.05) is 0 Å². The lowest BCUT2D eigenvalue weighted by Crippen LogP contribution is -2.08. The second kappa shape index (κ2) is 17.1. The van der Waals surface area contributed by atoms with Crippen molar-refractivity contribution in [3.05, 3.63) is 12.2 Å². The van der Waals surface area contributed by atoms with Crippen molar-refractivity contribution in [1.82, 2.24) is 0 Å². The van der Waals surface area contributed by atoms with Crippen molar-refractivity contribution in [1.29, 1.82) is 0 Å². The molecular weight excluding hydrogens is 266 g/mol. The van der Waals surface area contributed by atoms with E-state index in [0.29, 0.717) is 6.54 Å². The Morgan fingerprint density at radius 1 is 0.727 bits per heavy atom. The fraction of sp³-hybridized carbons (Fsp3) is 0.905. The van der Waals surface area contributed by atoms with E-state index in [2.05, 4.69) is 20.4 Å². The van der Waals surface area contributed by atoms with Gasteiger partial charge in [0.05, 0.1) is 0 Å². The Labute approximate surface area is 141 Å². The first-order valence-corrected chi connectivity index (χ1v) is 10.1. The van der Waals surface area contributed by atoms with Crippen molar-refractivity contribution in [3.63, 3.8) is 0 Å². The van der Waals surface area contributed by atoms with Gasteiger partial charge in [-0.3, -0.25) is 0 Å². The van der Waals surface area contributed by atoms with Gasteiger partial charge >= 0.3 is 0 Å². The number of rotatable bonds is 17. The zero-order valence-corrected chi connectivity index (χ0v) is 15.7. The SMILES string of the molecule is C=C(CN)CC(CCCCCCCC)CCCCCCCC.